The Bertz CT molecular complexity index is 1250. The second-order valence-corrected chi connectivity index (χ2v) is 7.92. The van der Waals surface area contributed by atoms with Gasteiger partial charge in [0.25, 0.3) is 0 Å². The number of halogens is 1. The Hall–Kier alpha value is -2.86. The number of rotatable bonds is 5. The lowest BCUT2D eigenvalue weighted by Gasteiger charge is -2.09. The lowest BCUT2D eigenvalue weighted by molar-refractivity contribution is 0.0525. The number of hydrogen-bond acceptors (Lipinski definition) is 4. The maximum absolute atomic E-state index is 12.1. The molecular weight excluding hydrogens is 388 g/mol. The van der Waals surface area contributed by atoms with Gasteiger partial charge in [-0.3, -0.25) is 0 Å². The minimum atomic E-state index is -0.343. The molecule has 1 aliphatic carbocycles. The molecule has 0 bridgehead atoms. The van der Waals surface area contributed by atoms with Gasteiger partial charge < -0.3 is 9.30 Å². The largest absolute Gasteiger partial charge is 0.462 e. The van der Waals surface area contributed by atoms with Crippen molar-refractivity contribution >= 4 is 34.0 Å². The molecule has 1 saturated carbocycles. The van der Waals surface area contributed by atoms with Crippen molar-refractivity contribution < 1.29 is 9.53 Å². The van der Waals surface area contributed by atoms with Crippen molar-refractivity contribution in [1.29, 1.82) is 0 Å². The molecule has 0 radical (unpaired) electrons. The van der Waals surface area contributed by atoms with Crippen LogP contribution in [0.3, 0.4) is 0 Å². The number of ether oxygens (including phenoxy) is 1. The van der Waals surface area contributed by atoms with Crippen molar-refractivity contribution in [3.05, 3.63) is 52.9 Å². The highest BCUT2D eigenvalue weighted by Gasteiger charge is 2.26. The van der Waals surface area contributed by atoms with Crippen molar-refractivity contribution in [1.82, 2.24) is 19.2 Å². The number of carbonyl (C=O) groups excluding carboxylic acids is 1. The van der Waals surface area contributed by atoms with Crippen molar-refractivity contribution in [3.63, 3.8) is 0 Å². The fraction of sp³-hybridized carbons (Fsp3) is 0.318. The summed E-state index contributed by atoms with van der Waals surface area (Å²) in [5.41, 5.74) is 5.38. The molecular formula is C22H21ClN4O2. The molecule has 1 aliphatic rings. The van der Waals surface area contributed by atoms with Crippen LogP contribution in [0.4, 0.5) is 0 Å². The Morgan fingerprint density at radius 3 is 2.90 bits per heavy atom. The standard InChI is InChI=1S/C22H21ClN4O2/c1-3-29-22(28)16-6-7-17-13(2)19(25-27(17)12-16)18-10-15-8-9-24-21(23)20(15)26(18)11-14-4-5-14/h6-10,12,14H,3-5,11H2,1-2H3. The van der Waals surface area contributed by atoms with Gasteiger partial charge in [0, 0.05) is 29.9 Å². The van der Waals surface area contributed by atoms with E-state index in [1.807, 2.05) is 12.1 Å². The van der Waals surface area contributed by atoms with E-state index in [-0.39, 0.29) is 5.97 Å². The molecule has 0 N–H and O–H groups in total. The summed E-state index contributed by atoms with van der Waals surface area (Å²) in [4.78, 5) is 16.4. The predicted molar refractivity (Wildman–Crippen MR) is 112 cm³/mol. The fourth-order valence-corrected chi connectivity index (χ4v) is 4.13. The number of fused-ring (bicyclic) bond motifs is 2. The smallest absolute Gasteiger partial charge is 0.339 e. The fourth-order valence-electron chi connectivity index (χ4n) is 3.87. The Labute approximate surface area is 173 Å². The molecule has 4 heterocycles. The van der Waals surface area contributed by atoms with Gasteiger partial charge in [-0.15, -0.1) is 0 Å². The SMILES string of the molecule is CCOC(=O)c1ccc2c(C)c(-c3cc4ccnc(Cl)c4n3CC3CC3)nn2c1. The highest BCUT2D eigenvalue weighted by molar-refractivity contribution is 6.34. The summed E-state index contributed by atoms with van der Waals surface area (Å²) in [7, 11) is 0. The first-order valence-electron chi connectivity index (χ1n) is 9.87. The zero-order valence-electron chi connectivity index (χ0n) is 16.4. The molecule has 0 saturated heterocycles. The van der Waals surface area contributed by atoms with Gasteiger partial charge in [0.2, 0.25) is 0 Å². The van der Waals surface area contributed by atoms with Gasteiger partial charge in [-0.2, -0.15) is 5.10 Å². The maximum atomic E-state index is 12.1. The van der Waals surface area contributed by atoms with Crippen LogP contribution in [0.1, 0.15) is 35.7 Å². The van der Waals surface area contributed by atoms with E-state index < -0.39 is 0 Å². The van der Waals surface area contributed by atoms with Gasteiger partial charge in [-0.1, -0.05) is 11.6 Å². The molecule has 29 heavy (non-hydrogen) atoms. The van der Waals surface area contributed by atoms with Crippen LogP contribution in [-0.4, -0.2) is 31.7 Å². The summed E-state index contributed by atoms with van der Waals surface area (Å²) >= 11 is 6.46. The Balaban J connectivity index is 1.69. The molecule has 4 aromatic rings. The lowest BCUT2D eigenvalue weighted by Crippen LogP contribution is -2.06. The Kier molecular flexibility index (Phi) is 4.32. The van der Waals surface area contributed by atoms with Crippen LogP contribution in [0.2, 0.25) is 5.15 Å². The van der Waals surface area contributed by atoms with Crippen LogP contribution < -0.4 is 0 Å². The van der Waals surface area contributed by atoms with Crippen LogP contribution in [0.15, 0.2) is 36.7 Å². The average molecular weight is 409 g/mol. The molecule has 4 aromatic heterocycles. The van der Waals surface area contributed by atoms with E-state index >= 15 is 0 Å². The molecule has 6 nitrogen and oxygen atoms in total. The summed E-state index contributed by atoms with van der Waals surface area (Å²) in [5, 5.41) is 6.40. The summed E-state index contributed by atoms with van der Waals surface area (Å²) in [6.07, 6.45) is 5.94. The number of aromatic nitrogens is 4. The summed E-state index contributed by atoms with van der Waals surface area (Å²) < 4.78 is 9.13. The molecule has 0 spiro atoms. The molecule has 148 valence electrons. The van der Waals surface area contributed by atoms with Gasteiger partial charge in [-0.05, 0) is 56.9 Å². The van der Waals surface area contributed by atoms with Crippen LogP contribution in [0, 0.1) is 12.8 Å². The molecule has 0 atom stereocenters. The maximum Gasteiger partial charge on any atom is 0.339 e. The van der Waals surface area contributed by atoms with E-state index in [1.165, 1.54) is 12.8 Å². The Morgan fingerprint density at radius 1 is 1.31 bits per heavy atom. The van der Waals surface area contributed by atoms with Gasteiger partial charge in [0.15, 0.2) is 5.15 Å². The number of esters is 1. The third-order valence-corrected chi connectivity index (χ3v) is 5.81. The first kappa shape index (κ1) is 18.2. The number of pyridine rings is 2. The molecule has 0 aliphatic heterocycles. The van der Waals surface area contributed by atoms with E-state index in [9.17, 15) is 4.79 Å². The van der Waals surface area contributed by atoms with Crippen molar-refractivity contribution in [2.45, 2.75) is 33.2 Å². The Morgan fingerprint density at radius 2 is 2.14 bits per heavy atom. The third kappa shape index (κ3) is 3.08. The number of hydrogen-bond donors (Lipinski definition) is 0. The highest BCUT2D eigenvalue weighted by atomic mass is 35.5. The van der Waals surface area contributed by atoms with Gasteiger partial charge in [-0.25, -0.2) is 14.3 Å². The number of aryl methyl sites for hydroxylation is 1. The first-order valence-corrected chi connectivity index (χ1v) is 10.2. The number of nitrogens with zero attached hydrogens (tertiary/aromatic N) is 4. The van der Waals surface area contributed by atoms with Crippen molar-refractivity contribution in [2.75, 3.05) is 6.61 Å². The second-order valence-electron chi connectivity index (χ2n) is 7.56. The average Bonchev–Trinajstić information content (AvgIpc) is 3.37. The van der Waals surface area contributed by atoms with Crippen LogP contribution >= 0.6 is 11.6 Å². The summed E-state index contributed by atoms with van der Waals surface area (Å²) in [5.74, 6) is 0.332. The minimum Gasteiger partial charge on any atom is -0.462 e. The minimum absolute atomic E-state index is 0.343. The zero-order chi connectivity index (χ0) is 20.1. The van der Waals surface area contributed by atoms with Gasteiger partial charge in [0.1, 0.15) is 5.69 Å². The van der Waals surface area contributed by atoms with Crippen molar-refractivity contribution in [3.8, 4) is 11.4 Å². The lowest BCUT2D eigenvalue weighted by atomic mass is 10.1. The van der Waals surface area contributed by atoms with E-state index in [1.54, 1.807) is 29.9 Å². The van der Waals surface area contributed by atoms with Crippen LogP contribution in [0.5, 0.6) is 0 Å². The highest BCUT2D eigenvalue weighted by Crippen LogP contribution is 2.38. The number of carbonyl (C=O) groups is 1. The van der Waals surface area contributed by atoms with Crippen molar-refractivity contribution in [2.24, 2.45) is 5.92 Å². The van der Waals surface area contributed by atoms with E-state index in [0.29, 0.717) is 23.2 Å². The predicted octanol–water partition coefficient (Wildman–Crippen LogP) is 4.90. The summed E-state index contributed by atoms with van der Waals surface area (Å²) in [6, 6.07) is 7.82. The normalized spacial score (nSPS) is 14.0. The zero-order valence-corrected chi connectivity index (χ0v) is 17.1. The van der Waals surface area contributed by atoms with E-state index in [0.717, 1.165) is 39.9 Å². The molecule has 5 rings (SSSR count). The van der Waals surface area contributed by atoms with Crippen LogP contribution in [0.25, 0.3) is 27.8 Å². The second kappa shape index (κ2) is 6.88. The van der Waals surface area contributed by atoms with E-state index in [2.05, 4.69) is 22.5 Å². The summed E-state index contributed by atoms with van der Waals surface area (Å²) in [6.45, 7) is 5.11. The monoisotopic (exact) mass is 408 g/mol. The quantitative estimate of drug-likeness (QED) is 0.348. The molecule has 0 amide bonds. The molecule has 7 heteroatoms. The van der Waals surface area contributed by atoms with Crippen LogP contribution in [-0.2, 0) is 11.3 Å². The van der Waals surface area contributed by atoms with E-state index in [4.69, 9.17) is 21.4 Å². The first-order chi connectivity index (χ1) is 14.1. The van der Waals surface area contributed by atoms with Gasteiger partial charge in [0.05, 0.1) is 28.9 Å². The third-order valence-electron chi connectivity index (χ3n) is 5.53. The topological polar surface area (TPSA) is 61.4 Å². The molecule has 1 fully saturated rings. The molecule has 0 unspecified atom stereocenters. The molecule has 0 aromatic carbocycles. The van der Waals surface area contributed by atoms with Gasteiger partial charge >= 0.3 is 5.97 Å².